The largest absolute Gasteiger partial charge is 0.456 e. The molecular weight excluding hydrogens is 288 g/mol. The average Bonchev–Trinajstić information content (AvgIpc) is 3.22. The summed E-state index contributed by atoms with van der Waals surface area (Å²) < 4.78 is 5.71. The lowest BCUT2D eigenvalue weighted by molar-refractivity contribution is -0.120. The van der Waals surface area contributed by atoms with E-state index in [2.05, 4.69) is 0 Å². The molecule has 3 aliphatic carbocycles. The summed E-state index contributed by atoms with van der Waals surface area (Å²) in [5.74, 6) is 0.541. The van der Waals surface area contributed by atoms with E-state index in [4.69, 9.17) is 4.74 Å². The van der Waals surface area contributed by atoms with Gasteiger partial charge in [0.25, 0.3) is 0 Å². The third kappa shape index (κ3) is 2.52. The van der Waals surface area contributed by atoms with Crippen LogP contribution in [0.3, 0.4) is 0 Å². The summed E-state index contributed by atoms with van der Waals surface area (Å²) >= 11 is 0. The molecule has 0 aromatic heterocycles. The number of allylic oxidation sites excluding steroid dienone is 2. The molecule has 3 nitrogen and oxygen atoms in total. The van der Waals surface area contributed by atoms with Crippen LogP contribution in [0.5, 0.6) is 0 Å². The maximum atomic E-state index is 12.3. The van der Waals surface area contributed by atoms with E-state index >= 15 is 0 Å². The van der Waals surface area contributed by atoms with Crippen LogP contribution in [0.2, 0.25) is 0 Å². The number of hydrogen-bond donors (Lipinski definition) is 0. The fourth-order valence-corrected chi connectivity index (χ4v) is 4.36. The molecule has 1 aromatic carbocycles. The first kappa shape index (κ1) is 14.7. The molecule has 23 heavy (non-hydrogen) atoms. The molecule has 0 amide bonds. The third-order valence-corrected chi connectivity index (χ3v) is 5.76. The molecule has 3 aliphatic rings. The molecule has 2 bridgehead atoms. The van der Waals surface area contributed by atoms with Crippen LogP contribution < -0.4 is 0 Å². The maximum Gasteiger partial charge on any atom is 0.338 e. The van der Waals surface area contributed by atoms with Crippen LogP contribution in [0.1, 0.15) is 60.9 Å². The number of ether oxygens (including phenoxy) is 1. The van der Waals surface area contributed by atoms with E-state index in [1.165, 1.54) is 0 Å². The molecule has 0 radical (unpaired) electrons. The first-order chi connectivity index (χ1) is 11.1. The van der Waals surface area contributed by atoms with Gasteiger partial charge in [-0.05, 0) is 62.6 Å². The number of rotatable bonds is 3. The molecular formula is C20H22O3. The van der Waals surface area contributed by atoms with Crippen molar-refractivity contribution in [3.63, 3.8) is 0 Å². The summed E-state index contributed by atoms with van der Waals surface area (Å²) in [4.78, 5) is 24.3. The average molecular weight is 310 g/mol. The third-order valence-electron chi connectivity index (χ3n) is 5.76. The van der Waals surface area contributed by atoms with E-state index < -0.39 is 0 Å². The first-order valence-electron chi connectivity index (χ1n) is 8.61. The van der Waals surface area contributed by atoms with Gasteiger partial charge in [-0.1, -0.05) is 24.3 Å². The van der Waals surface area contributed by atoms with Crippen molar-refractivity contribution in [1.82, 2.24) is 0 Å². The molecule has 1 aromatic rings. The molecule has 0 spiro atoms. The predicted molar refractivity (Wildman–Crippen MR) is 87.2 cm³/mol. The monoisotopic (exact) mass is 310 g/mol. The Morgan fingerprint density at radius 1 is 1.13 bits per heavy atom. The Kier molecular flexibility index (Phi) is 3.40. The lowest BCUT2D eigenvalue weighted by Crippen LogP contribution is -2.28. The van der Waals surface area contributed by atoms with Crippen molar-refractivity contribution in [1.29, 1.82) is 0 Å². The zero-order chi connectivity index (χ0) is 16.0. The van der Waals surface area contributed by atoms with Gasteiger partial charge in [0, 0.05) is 11.8 Å². The van der Waals surface area contributed by atoms with Crippen molar-refractivity contribution in [2.75, 3.05) is 0 Å². The van der Waals surface area contributed by atoms with Gasteiger partial charge in [-0.2, -0.15) is 0 Å². The number of benzene rings is 1. The first-order valence-corrected chi connectivity index (χ1v) is 8.61. The molecule has 0 aliphatic heterocycles. The Hall–Kier alpha value is -1.90. The lowest BCUT2D eigenvalue weighted by Gasteiger charge is -2.24. The van der Waals surface area contributed by atoms with Crippen LogP contribution in [0.4, 0.5) is 0 Å². The van der Waals surface area contributed by atoms with E-state index in [0.29, 0.717) is 11.3 Å². The molecule has 3 atom stereocenters. The topological polar surface area (TPSA) is 43.4 Å². The summed E-state index contributed by atoms with van der Waals surface area (Å²) in [7, 11) is 0. The highest BCUT2D eigenvalue weighted by molar-refractivity contribution is 5.93. The minimum absolute atomic E-state index is 0.0372. The molecule has 0 saturated heterocycles. The summed E-state index contributed by atoms with van der Waals surface area (Å²) in [5, 5.41) is 0. The number of carbonyl (C=O) groups excluding carboxylic acids is 2. The van der Waals surface area contributed by atoms with Crippen LogP contribution in [-0.2, 0) is 9.53 Å². The number of hydrogen-bond acceptors (Lipinski definition) is 3. The minimum atomic E-state index is -0.294. The van der Waals surface area contributed by atoms with E-state index in [-0.39, 0.29) is 29.3 Å². The molecule has 0 N–H and O–H groups in total. The van der Waals surface area contributed by atoms with Gasteiger partial charge in [-0.15, -0.1) is 0 Å². The van der Waals surface area contributed by atoms with Crippen molar-refractivity contribution in [3.8, 4) is 0 Å². The van der Waals surface area contributed by atoms with Gasteiger partial charge in [0.2, 0.25) is 0 Å². The SMILES string of the molecule is CC1(OC(=O)c2ccc(C3CC4C=CC3C4=O)cc2)CCCC1. The van der Waals surface area contributed by atoms with Gasteiger partial charge >= 0.3 is 5.97 Å². The van der Waals surface area contributed by atoms with Crippen molar-refractivity contribution < 1.29 is 14.3 Å². The van der Waals surface area contributed by atoms with E-state index in [9.17, 15) is 9.59 Å². The van der Waals surface area contributed by atoms with E-state index in [1.807, 2.05) is 43.3 Å². The Morgan fingerprint density at radius 2 is 1.83 bits per heavy atom. The second kappa shape index (κ2) is 5.33. The second-order valence-electron chi connectivity index (χ2n) is 7.43. The highest BCUT2D eigenvalue weighted by atomic mass is 16.6. The standard InChI is InChI=1S/C20H22O3/c1-20(10-2-3-11-20)23-19(22)14-6-4-13(5-7-14)17-12-15-8-9-16(17)18(15)21/h4-9,15-17H,2-3,10-12H2,1H3. The van der Waals surface area contributed by atoms with Gasteiger partial charge in [0.05, 0.1) is 5.56 Å². The number of carbonyl (C=O) groups is 2. The van der Waals surface area contributed by atoms with Crippen molar-refractivity contribution in [2.45, 2.75) is 50.5 Å². The smallest absolute Gasteiger partial charge is 0.338 e. The Balaban J connectivity index is 1.47. The summed E-state index contributed by atoms with van der Waals surface area (Å²) in [6.45, 7) is 2.03. The fraction of sp³-hybridized carbons (Fsp3) is 0.500. The Labute approximate surface area is 136 Å². The highest BCUT2D eigenvalue weighted by Gasteiger charge is 2.44. The van der Waals surface area contributed by atoms with E-state index in [0.717, 1.165) is 37.7 Å². The molecule has 4 rings (SSSR count). The van der Waals surface area contributed by atoms with Crippen LogP contribution in [0, 0.1) is 11.8 Å². The summed E-state index contributed by atoms with van der Waals surface area (Å²) in [6, 6.07) is 7.66. The molecule has 2 saturated carbocycles. The normalized spacial score (nSPS) is 30.8. The van der Waals surface area contributed by atoms with Crippen LogP contribution >= 0.6 is 0 Å². The van der Waals surface area contributed by atoms with Crippen molar-refractivity contribution in [2.24, 2.45) is 11.8 Å². The summed E-state index contributed by atoms with van der Waals surface area (Å²) in [5.41, 5.74) is 1.46. The number of fused-ring (bicyclic) bond motifs is 2. The molecule has 3 heteroatoms. The quantitative estimate of drug-likeness (QED) is 0.625. The van der Waals surface area contributed by atoms with Crippen LogP contribution in [-0.4, -0.2) is 17.4 Å². The highest BCUT2D eigenvalue weighted by Crippen LogP contribution is 2.46. The molecule has 2 fully saturated rings. The number of esters is 1. The van der Waals surface area contributed by atoms with Gasteiger partial charge < -0.3 is 4.74 Å². The van der Waals surface area contributed by atoms with Crippen LogP contribution in [0.25, 0.3) is 0 Å². The number of ketones is 1. The molecule has 0 heterocycles. The van der Waals surface area contributed by atoms with Crippen LogP contribution in [0.15, 0.2) is 36.4 Å². The van der Waals surface area contributed by atoms with Gasteiger partial charge in [-0.3, -0.25) is 4.79 Å². The lowest BCUT2D eigenvalue weighted by atomic mass is 9.86. The number of Topliss-reactive ketones (excluding diaryl/α,β-unsaturated/α-hetero) is 1. The van der Waals surface area contributed by atoms with Gasteiger partial charge in [0.15, 0.2) is 0 Å². The van der Waals surface area contributed by atoms with Gasteiger partial charge in [-0.25, -0.2) is 4.79 Å². The maximum absolute atomic E-state index is 12.3. The molecule has 3 unspecified atom stereocenters. The van der Waals surface area contributed by atoms with Crippen molar-refractivity contribution >= 4 is 11.8 Å². The van der Waals surface area contributed by atoms with Crippen molar-refractivity contribution in [3.05, 3.63) is 47.5 Å². The van der Waals surface area contributed by atoms with E-state index in [1.54, 1.807) is 0 Å². The Morgan fingerprint density at radius 3 is 2.39 bits per heavy atom. The predicted octanol–water partition coefficient (Wildman–Crippen LogP) is 4.03. The zero-order valence-electron chi connectivity index (χ0n) is 13.5. The second-order valence-corrected chi connectivity index (χ2v) is 7.43. The Bertz CT molecular complexity index is 665. The summed E-state index contributed by atoms with van der Waals surface area (Å²) in [6.07, 6.45) is 9.17. The minimum Gasteiger partial charge on any atom is -0.456 e. The zero-order valence-corrected chi connectivity index (χ0v) is 13.5. The molecule has 120 valence electrons. The fourth-order valence-electron chi connectivity index (χ4n) is 4.36. The van der Waals surface area contributed by atoms with Gasteiger partial charge in [0.1, 0.15) is 11.4 Å².